The lowest BCUT2D eigenvalue weighted by Crippen LogP contribution is -2.39. The molecule has 2 aromatic carbocycles. The minimum Gasteiger partial charge on any atom is -0.490 e. The highest BCUT2D eigenvalue weighted by Crippen LogP contribution is 2.37. The number of hydrogen-bond donors (Lipinski definition) is 0. The number of rotatable bonds is 6. The van der Waals surface area contributed by atoms with Gasteiger partial charge in [-0.3, -0.25) is 4.79 Å². The third-order valence-electron chi connectivity index (χ3n) is 5.11. The lowest BCUT2D eigenvalue weighted by atomic mass is 10.0. The number of imide groups is 1. The second-order valence-electron chi connectivity index (χ2n) is 7.05. The van der Waals surface area contributed by atoms with Gasteiger partial charge in [-0.2, -0.15) is 0 Å². The number of urea groups is 1. The fourth-order valence-electron chi connectivity index (χ4n) is 3.65. The number of carbonyl (C=O) groups is 2. The Morgan fingerprint density at radius 3 is 2.50 bits per heavy atom. The first-order valence-electron chi connectivity index (χ1n) is 9.60. The van der Waals surface area contributed by atoms with Crippen LogP contribution in [-0.4, -0.2) is 42.6 Å². The SMILES string of the molecule is O=C1C2CCCCN2C(=O)N1c1cc(OCCOc2ccc(F)cc2)c(Cl)cc1F. The van der Waals surface area contributed by atoms with Crippen LogP contribution in [0.3, 0.4) is 0 Å². The molecular formula is C21H19ClF2N2O4. The molecule has 2 aromatic rings. The van der Waals surface area contributed by atoms with E-state index in [2.05, 4.69) is 0 Å². The van der Waals surface area contributed by atoms with Gasteiger partial charge in [0.15, 0.2) is 0 Å². The first kappa shape index (κ1) is 20.4. The predicted molar refractivity (Wildman–Crippen MR) is 106 cm³/mol. The highest BCUT2D eigenvalue weighted by Gasteiger charge is 2.47. The fraction of sp³-hybridized carbons (Fsp3) is 0.333. The van der Waals surface area contributed by atoms with Crippen LogP contribution in [-0.2, 0) is 4.79 Å². The first-order chi connectivity index (χ1) is 14.5. The maximum Gasteiger partial charge on any atom is 0.332 e. The van der Waals surface area contributed by atoms with E-state index in [4.69, 9.17) is 21.1 Å². The molecule has 0 saturated carbocycles. The molecule has 1 atom stereocenters. The van der Waals surface area contributed by atoms with Crippen LogP contribution in [0.5, 0.6) is 11.5 Å². The Labute approximate surface area is 176 Å². The van der Waals surface area contributed by atoms with Gasteiger partial charge >= 0.3 is 6.03 Å². The van der Waals surface area contributed by atoms with Crippen molar-refractivity contribution in [2.24, 2.45) is 0 Å². The van der Waals surface area contributed by atoms with E-state index in [1.165, 1.54) is 35.2 Å². The summed E-state index contributed by atoms with van der Waals surface area (Å²) < 4.78 is 38.5. The van der Waals surface area contributed by atoms with Crippen LogP contribution in [0.25, 0.3) is 0 Å². The van der Waals surface area contributed by atoms with Gasteiger partial charge in [0.1, 0.15) is 42.4 Å². The summed E-state index contributed by atoms with van der Waals surface area (Å²) in [5.74, 6) is -0.994. The van der Waals surface area contributed by atoms with Crippen LogP contribution in [0.15, 0.2) is 36.4 Å². The molecule has 6 nitrogen and oxygen atoms in total. The Morgan fingerprint density at radius 1 is 1.03 bits per heavy atom. The number of benzene rings is 2. The molecule has 0 aromatic heterocycles. The van der Waals surface area contributed by atoms with Crippen LogP contribution in [0, 0.1) is 11.6 Å². The number of fused-ring (bicyclic) bond motifs is 1. The van der Waals surface area contributed by atoms with Gasteiger partial charge in [0.2, 0.25) is 0 Å². The molecule has 0 N–H and O–H groups in total. The van der Waals surface area contributed by atoms with Gasteiger partial charge in [-0.05, 0) is 49.6 Å². The topological polar surface area (TPSA) is 59.1 Å². The van der Waals surface area contributed by atoms with Crippen molar-refractivity contribution in [2.45, 2.75) is 25.3 Å². The van der Waals surface area contributed by atoms with Crippen molar-refractivity contribution < 1.29 is 27.8 Å². The Balaban J connectivity index is 1.46. The molecule has 0 aliphatic carbocycles. The summed E-state index contributed by atoms with van der Waals surface area (Å²) in [7, 11) is 0. The standard InChI is InChI=1S/C21H19ClF2N2O4/c22-15-11-16(24)18(26-20(27)17-3-1-2-8-25(17)21(26)28)12-19(15)30-10-9-29-14-6-4-13(23)5-7-14/h4-7,11-12,17H,1-3,8-10H2. The summed E-state index contributed by atoms with van der Waals surface area (Å²) >= 11 is 6.07. The number of anilines is 1. The number of nitrogens with zero attached hydrogens (tertiary/aromatic N) is 2. The molecule has 9 heteroatoms. The van der Waals surface area contributed by atoms with E-state index in [0.717, 1.165) is 23.8 Å². The summed E-state index contributed by atoms with van der Waals surface area (Å²) in [6.07, 6.45) is 2.23. The van der Waals surface area contributed by atoms with E-state index >= 15 is 0 Å². The summed E-state index contributed by atoms with van der Waals surface area (Å²) in [5.41, 5.74) is -0.182. The summed E-state index contributed by atoms with van der Waals surface area (Å²) in [6, 6.07) is 6.71. The van der Waals surface area contributed by atoms with Gasteiger partial charge in [0.25, 0.3) is 5.91 Å². The summed E-state index contributed by atoms with van der Waals surface area (Å²) in [6.45, 7) is 0.677. The fourth-order valence-corrected chi connectivity index (χ4v) is 3.86. The number of halogens is 3. The zero-order chi connectivity index (χ0) is 21.3. The number of amides is 3. The number of carbonyl (C=O) groups excluding carboxylic acids is 2. The molecule has 2 saturated heterocycles. The average molecular weight is 437 g/mol. The minimum atomic E-state index is -0.781. The third kappa shape index (κ3) is 3.92. The van der Waals surface area contributed by atoms with Crippen LogP contribution in [0.2, 0.25) is 5.02 Å². The molecular weight excluding hydrogens is 418 g/mol. The Kier molecular flexibility index (Phi) is 5.76. The van der Waals surface area contributed by atoms with E-state index in [-0.39, 0.29) is 35.5 Å². The van der Waals surface area contributed by atoms with E-state index in [9.17, 15) is 18.4 Å². The van der Waals surface area contributed by atoms with Gasteiger partial charge in [0, 0.05) is 12.6 Å². The Hall–Kier alpha value is -2.87. The van der Waals surface area contributed by atoms with Crippen molar-refractivity contribution in [1.82, 2.24) is 4.90 Å². The summed E-state index contributed by atoms with van der Waals surface area (Å²) in [5, 5.41) is 0.00912. The molecule has 4 rings (SSSR count). The smallest absolute Gasteiger partial charge is 0.332 e. The largest absolute Gasteiger partial charge is 0.490 e. The van der Waals surface area contributed by atoms with Crippen molar-refractivity contribution in [1.29, 1.82) is 0 Å². The average Bonchev–Trinajstić information content (AvgIpc) is 2.99. The van der Waals surface area contributed by atoms with Crippen molar-refractivity contribution in [3.8, 4) is 11.5 Å². The van der Waals surface area contributed by atoms with Gasteiger partial charge < -0.3 is 14.4 Å². The first-order valence-corrected chi connectivity index (χ1v) is 9.98. The maximum absolute atomic E-state index is 14.6. The van der Waals surface area contributed by atoms with Crippen molar-refractivity contribution in [3.05, 3.63) is 53.1 Å². The number of hydrogen-bond acceptors (Lipinski definition) is 4. The Bertz CT molecular complexity index is 946. The van der Waals surface area contributed by atoms with E-state index in [1.807, 2.05) is 0 Å². The van der Waals surface area contributed by atoms with Crippen molar-refractivity contribution in [3.63, 3.8) is 0 Å². The summed E-state index contributed by atoms with van der Waals surface area (Å²) in [4.78, 5) is 27.7. The number of piperidine rings is 1. The maximum atomic E-state index is 14.6. The molecule has 0 radical (unpaired) electrons. The monoisotopic (exact) mass is 436 g/mol. The lowest BCUT2D eigenvalue weighted by molar-refractivity contribution is -0.120. The molecule has 1 unspecified atom stereocenters. The molecule has 3 amide bonds. The van der Waals surface area contributed by atoms with E-state index in [1.54, 1.807) is 0 Å². The molecule has 30 heavy (non-hydrogen) atoms. The zero-order valence-electron chi connectivity index (χ0n) is 15.9. The molecule has 2 aliphatic rings. The van der Waals surface area contributed by atoms with Crippen LogP contribution in [0.4, 0.5) is 19.3 Å². The van der Waals surface area contributed by atoms with Gasteiger partial charge in [-0.25, -0.2) is 18.5 Å². The van der Waals surface area contributed by atoms with Gasteiger partial charge in [0.05, 0.1) is 10.7 Å². The molecule has 0 spiro atoms. The van der Waals surface area contributed by atoms with E-state index in [0.29, 0.717) is 18.7 Å². The second-order valence-corrected chi connectivity index (χ2v) is 7.45. The molecule has 2 heterocycles. The van der Waals surface area contributed by atoms with Gasteiger partial charge in [-0.1, -0.05) is 11.6 Å². The van der Waals surface area contributed by atoms with Crippen molar-refractivity contribution >= 4 is 29.2 Å². The quantitative estimate of drug-likeness (QED) is 0.497. The van der Waals surface area contributed by atoms with Gasteiger partial charge in [-0.15, -0.1) is 0 Å². The molecule has 0 bridgehead atoms. The molecule has 158 valence electrons. The van der Waals surface area contributed by atoms with Crippen LogP contribution in [0.1, 0.15) is 19.3 Å². The number of ether oxygens (including phenoxy) is 2. The van der Waals surface area contributed by atoms with Crippen molar-refractivity contribution in [2.75, 3.05) is 24.7 Å². The minimum absolute atomic E-state index is 0.00912. The zero-order valence-corrected chi connectivity index (χ0v) is 16.7. The lowest BCUT2D eigenvalue weighted by Gasteiger charge is -2.26. The molecule has 2 aliphatic heterocycles. The normalized spacial score (nSPS) is 18.6. The van der Waals surface area contributed by atoms with Crippen LogP contribution >= 0.6 is 11.6 Å². The molecule has 2 fully saturated rings. The predicted octanol–water partition coefficient (Wildman–Crippen LogP) is 4.40. The Morgan fingerprint density at radius 2 is 1.77 bits per heavy atom. The van der Waals surface area contributed by atoms with Crippen LogP contribution < -0.4 is 14.4 Å². The highest BCUT2D eigenvalue weighted by atomic mass is 35.5. The highest BCUT2D eigenvalue weighted by molar-refractivity contribution is 6.32. The van der Waals surface area contributed by atoms with E-state index < -0.39 is 23.8 Å². The third-order valence-corrected chi connectivity index (χ3v) is 5.41. The second kappa shape index (κ2) is 8.47.